The summed E-state index contributed by atoms with van der Waals surface area (Å²) in [7, 11) is 0. The molecule has 3 rings (SSSR count). The van der Waals surface area contributed by atoms with Gasteiger partial charge in [0.2, 0.25) is 0 Å². The van der Waals surface area contributed by atoms with Crippen molar-refractivity contribution in [2.45, 2.75) is 19.6 Å². The Kier molecular flexibility index (Phi) is 7.83. The number of alkyl halides is 3. The number of urea groups is 1. The normalized spacial score (nSPS) is 14.8. The minimum atomic E-state index is -4.67. The van der Waals surface area contributed by atoms with Crippen LogP contribution < -0.4 is 10.4 Å². The number of hydroxylamine groups is 1. The number of rotatable bonds is 5. The van der Waals surface area contributed by atoms with Crippen LogP contribution in [0.2, 0.25) is 5.02 Å². The Hall–Kier alpha value is -2.82. The molecule has 11 heteroatoms. The first kappa shape index (κ1) is 24.8. The number of hydrogen-bond acceptors (Lipinski definition) is 4. The van der Waals surface area contributed by atoms with Gasteiger partial charge in [-0.15, -0.1) is 0 Å². The molecule has 2 aromatic rings. The number of carbonyl (C=O) groups excluding carboxylic acids is 2. The molecular formula is C22H24ClF3N4O3. The van der Waals surface area contributed by atoms with Crippen LogP contribution in [-0.4, -0.2) is 59.7 Å². The fourth-order valence-electron chi connectivity index (χ4n) is 3.60. The van der Waals surface area contributed by atoms with E-state index in [1.54, 1.807) is 17.0 Å². The summed E-state index contributed by atoms with van der Waals surface area (Å²) in [4.78, 5) is 30.0. The number of benzene rings is 2. The molecule has 178 valence electrons. The van der Waals surface area contributed by atoms with E-state index >= 15 is 0 Å². The molecular weight excluding hydrogens is 461 g/mol. The van der Waals surface area contributed by atoms with Gasteiger partial charge in [0.1, 0.15) is 0 Å². The zero-order chi connectivity index (χ0) is 24.2. The summed E-state index contributed by atoms with van der Waals surface area (Å²) in [5, 5.41) is 8.31. The van der Waals surface area contributed by atoms with Crippen LogP contribution in [0.4, 0.5) is 23.7 Å². The summed E-state index contributed by atoms with van der Waals surface area (Å²) in [5.41, 5.74) is 1.35. The molecule has 33 heavy (non-hydrogen) atoms. The van der Waals surface area contributed by atoms with Gasteiger partial charge in [-0.05, 0) is 42.4 Å². The van der Waals surface area contributed by atoms with Crippen molar-refractivity contribution in [1.29, 1.82) is 0 Å². The van der Waals surface area contributed by atoms with Gasteiger partial charge in [-0.2, -0.15) is 13.2 Å². The van der Waals surface area contributed by atoms with Crippen LogP contribution in [0.5, 0.6) is 0 Å². The summed E-state index contributed by atoms with van der Waals surface area (Å²) in [6, 6.07) is 9.00. The lowest BCUT2D eigenvalue weighted by molar-refractivity contribution is -0.137. The lowest BCUT2D eigenvalue weighted by Crippen LogP contribution is -2.52. The standard InChI is InChI=1S/C22H24ClF3N4O3/c1-2-28-9-11-29(12-10-28)21(32)30(14-15-3-5-16(6-4-15)20(31)27-33)17-7-8-19(23)18(13-17)22(24,25)26/h3-8,13,33H,2,9-12,14H2,1H3,(H,27,31). The van der Waals surface area contributed by atoms with Crippen molar-refractivity contribution in [1.82, 2.24) is 15.3 Å². The summed E-state index contributed by atoms with van der Waals surface area (Å²) in [5.74, 6) is -0.698. The molecule has 2 N–H and O–H groups in total. The molecule has 1 heterocycles. The molecule has 0 spiro atoms. The molecule has 1 aliphatic heterocycles. The number of carbonyl (C=O) groups is 2. The molecule has 0 atom stereocenters. The average molecular weight is 485 g/mol. The van der Waals surface area contributed by atoms with E-state index in [1.165, 1.54) is 28.6 Å². The van der Waals surface area contributed by atoms with E-state index in [0.29, 0.717) is 31.7 Å². The molecule has 3 amide bonds. The molecule has 1 saturated heterocycles. The van der Waals surface area contributed by atoms with Gasteiger partial charge < -0.3 is 9.80 Å². The van der Waals surface area contributed by atoms with Crippen molar-refractivity contribution in [2.75, 3.05) is 37.6 Å². The maximum absolute atomic E-state index is 13.4. The fraction of sp³-hybridized carbons (Fsp3) is 0.364. The zero-order valence-corrected chi connectivity index (χ0v) is 18.7. The molecule has 7 nitrogen and oxygen atoms in total. The molecule has 0 bridgehead atoms. The van der Waals surface area contributed by atoms with Gasteiger partial charge in [-0.3, -0.25) is 14.9 Å². The van der Waals surface area contributed by atoms with Gasteiger partial charge in [0, 0.05) is 37.4 Å². The van der Waals surface area contributed by atoms with Crippen molar-refractivity contribution in [2.24, 2.45) is 0 Å². The second-order valence-electron chi connectivity index (χ2n) is 7.59. The van der Waals surface area contributed by atoms with E-state index in [9.17, 15) is 22.8 Å². The Labute approximate surface area is 194 Å². The van der Waals surface area contributed by atoms with Gasteiger partial charge in [0.15, 0.2) is 0 Å². The smallest absolute Gasteiger partial charge is 0.322 e. The van der Waals surface area contributed by atoms with E-state index in [1.807, 2.05) is 6.92 Å². The molecule has 1 aliphatic rings. The average Bonchev–Trinajstić information content (AvgIpc) is 2.81. The van der Waals surface area contributed by atoms with Crippen LogP contribution in [0.3, 0.4) is 0 Å². The van der Waals surface area contributed by atoms with Crippen LogP contribution in [0, 0.1) is 0 Å². The van der Waals surface area contributed by atoms with Crippen LogP contribution in [-0.2, 0) is 12.7 Å². The van der Waals surface area contributed by atoms with Crippen molar-refractivity contribution in [3.8, 4) is 0 Å². The number of likely N-dealkylation sites (N-methyl/N-ethyl adjacent to an activating group) is 1. The molecule has 0 aliphatic carbocycles. The Morgan fingerprint density at radius 2 is 1.73 bits per heavy atom. The monoisotopic (exact) mass is 484 g/mol. The van der Waals surface area contributed by atoms with Gasteiger partial charge in [0.05, 0.1) is 17.1 Å². The molecule has 2 aromatic carbocycles. The summed E-state index contributed by atoms with van der Waals surface area (Å²) < 4.78 is 40.3. The third-order valence-electron chi connectivity index (χ3n) is 5.55. The maximum atomic E-state index is 13.4. The second kappa shape index (κ2) is 10.4. The van der Waals surface area contributed by atoms with Gasteiger partial charge in [-0.1, -0.05) is 30.7 Å². The summed E-state index contributed by atoms with van der Waals surface area (Å²) in [6.07, 6.45) is -4.67. The third-order valence-corrected chi connectivity index (χ3v) is 5.88. The lowest BCUT2D eigenvalue weighted by atomic mass is 10.1. The Bertz CT molecular complexity index is 993. The number of anilines is 1. The van der Waals surface area contributed by atoms with E-state index in [4.69, 9.17) is 16.8 Å². The fourth-order valence-corrected chi connectivity index (χ4v) is 3.83. The summed E-state index contributed by atoms with van der Waals surface area (Å²) in [6.45, 7) is 5.12. The zero-order valence-electron chi connectivity index (χ0n) is 17.9. The first-order chi connectivity index (χ1) is 15.6. The van der Waals surface area contributed by atoms with Crippen LogP contribution in [0.1, 0.15) is 28.4 Å². The molecule has 1 fully saturated rings. The number of nitrogens with one attached hydrogen (secondary N) is 1. The van der Waals surface area contributed by atoms with Crippen LogP contribution in [0.25, 0.3) is 0 Å². The van der Waals surface area contributed by atoms with Crippen LogP contribution >= 0.6 is 11.6 Å². The predicted octanol–water partition coefficient (Wildman–Crippen LogP) is 4.24. The van der Waals surface area contributed by atoms with E-state index < -0.39 is 28.7 Å². The first-order valence-corrected chi connectivity index (χ1v) is 10.7. The predicted molar refractivity (Wildman–Crippen MR) is 117 cm³/mol. The second-order valence-corrected chi connectivity index (χ2v) is 8.00. The Morgan fingerprint density at radius 1 is 1.09 bits per heavy atom. The first-order valence-electron chi connectivity index (χ1n) is 10.3. The van der Waals surface area contributed by atoms with Crippen molar-refractivity contribution >= 4 is 29.2 Å². The largest absolute Gasteiger partial charge is 0.417 e. The van der Waals surface area contributed by atoms with Gasteiger partial charge in [0.25, 0.3) is 5.91 Å². The summed E-state index contributed by atoms with van der Waals surface area (Å²) >= 11 is 5.77. The van der Waals surface area contributed by atoms with Crippen molar-refractivity contribution < 1.29 is 28.0 Å². The molecule has 0 radical (unpaired) electrons. The number of nitrogens with zero attached hydrogens (tertiary/aromatic N) is 3. The van der Waals surface area contributed by atoms with Crippen molar-refractivity contribution in [3.05, 3.63) is 64.2 Å². The van der Waals surface area contributed by atoms with E-state index in [2.05, 4.69) is 4.90 Å². The third kappa shape index (κ3) is 5.95. The highest BCUT2D eigenvalue weighted by atomic mass is 35.5. The molecule has 0 aromatic heterocycles. The Balaban J connectivity index is 1.93. The number of halogens is 4. The van der Waals surface area contributed by atoms with Crippen LogP contribution in [0.15, 0.2) is 42.5 Å². The molecule has 0 unspecified atom stereocenters. The Morgan fingerprint density at radius 3 is 2.27 bits per heavy atom. The highest BCUT2D eigenvalue weighted by Gasteiger charge is 2.35. The van der Waals surface area contributed by atoms with E-state index in [-0.39, 0.29) is 17.8 Å². The van der Waals surface area contributed by atoms with Crippen molar-refractivity contribution in [3.63, 3.8) is 0 Å². The number of hydrogen-bond donors (Lipinski definition) is 2. The minimum Gasteiger partial charge on any atom is -0.322 e. The van der Waals surface area contributed by atoms with Gasteiger partial charge in [-0.25, -0.2) is 10.3 Å². The highest BCUT2D eigenvalue weighted by molar-refractivity contribution is 6.31. The minimum absolute atomic E-state index is 0.0211. The lowest BCUT2D eigenvalue weighted by Gasteiger charge is -2.37. The molecule has 0 saturated carbocycles. The van der Waals surface area contributed by atoms with Gasteiger partial charge >= 0.3 is 12.2 Å². The topological polar surface area (TPSA) is 76.1 Å². The SMILES string of the molecule is CCN1CCN(C(=O)N(Cc2ccc(C(=O)NO)cc2)c2ccc(Cl)c(C(F)(F)F)c2)CC1. The van der Waals surface area contributed by atoms with E-state index in [0.717, 1.165) is 18.7 Å². The highest BCUT2D eigenvalue weighted by Crippen LogP contribution is 2.37. The maximum Gasteiger partial charge on any atom is 0.417 e. The number of amides is 3. The number of piperazine rings is 1. The quantitative estimate of drug-likeness (QED) is 0.491.